The molecular formula is C25H30N6OS2. The number of anilines is 1. The summed E-state index contributed by atoms with van der Waals surface area (Å²) in [6, 6.07) is 7.29. The van der Waals surface area contributed by atoms with E-state index in [2.05, 4.69) is 55.2 Å². The van der Waals surface area contributed by atoms with Gasteiger partial charge in [0.15, 0.2) is 5.16 Å². The van der Waals surface area contributed by atoms with E-state index < -0.39 is 0 Å². The molecule has 178 valence electrons. The van der Waals surface area contributed by atoms with Crippen molar-refractivity contribution in [3.63, 3.8) is 0 Å². The van der Waals surface area contributed by atoms with Gasteiger partial charge in [0.25, 0.3) is 0 Å². The first-order chi connectivity index (χ1) is 16.6. The summed E-state index contributed by atoms with van der Waals surface area (Å²) >= 11 is 3.16. The van der Waals surface area contributed by atoms with Crippen LogP contribution in [0.25, 0.3) is 0 Å². The van der Waals surface area contributed by atoms with E-state index in [0.29, 0.717) is 23.5 Å². The van der Waals surface area contributed by atoms with E-state index in [1.807, 2.05) is 6.92 Å². The lowest BCUT2D eigenvalue weighted by molar-refractivity contribution is -0.113. The molecule has 3 aromatic rings. The lowest BCUT2D eigenvalue weighted by Crippen LogP contribution is -2.22. The molecule has 7 nitrogen and oxygen atoms in total. The number of thiophene rings is 1. The molecule has 2 fully saturated rings. The van der Waals surface area contributed by atoms with Gasteiger partial charge in [-0.3, -0.25) is 4.79 Å². The first-order valence-electron chi connectivity index (χ1n) is 12.1. The van der Waals surface area contributed by atoms with E-state index in [-0.39, 0.29) is 11.7 Å². The average Bonchev–Trinajstić information content (AvgIpc) is 3.30. The second kappa shape index (κ2) is 9.96. The van der Waals surface area contributed by atoms with Crippen LogP contribution < -0.4 is 5.32 Å². The SMILES string of the molecule is Cc1c(C#N)c(NC(=O)CSc2nnc(Cc3cccs3)n2C2CC2)n(C2CCCCC2)c1C. The third-order valence-electron chi connectivity index (χ3n) is 6.96. The number of carbonyl (C=O) groups is 1. The van der Waals surface area contributed by atoms with Crippen molar-refractivity contribution < 1.29 is 4.79 Å². The molecule has 0 aliphatic heterocycles. The van der Waals surface area contributed by atoms with Gasteiger partial charge in [0.05, 0.1) is 11.3 Å². The zero-order valence-corrected chi connectivity index (χ0v) is 21.3. The van der Waals surface area contributed by atoms with E-state index in [1.165, 1.54) is 35.9 Å². The molecule has 3 aromatic heterocycles. The Kier molecular flexibility index (Phi) is 6.79. The van der Waals surface area contributed by atoms with Gasteiger partial charge in [0.1, 0.15) is 17.7 Å². The largest absolute Gasteiger partial charge is 0.327 e. The second-order valence-corrected chi connectivity index (χ2v) is 11.3. The number of nitrogens with zero attached hydrogens (tertiary/aromatic N) is 5. The van der Waals surface area contributed by atoms with Crippen molar-refractivity contribution in [3.05, 3.63) is 45.0 Å². The second-order valence-electron chi connectivity index (χ2n) is 9.30. The molecule has 2 aliphatic rings. The summed E-state index contributed by atoms with van der Waals surface area (Å²) in [6.45, 7) is 4.03. The Hall–Kier alpha value is -2.57. The maximum absolute atomic E-state index is 13.1. The molecule has 5 rings (SSSR count). The highest BCUT2D eigenvalue weighted by Gasteiger charge is 2.30. The Morgan fingerprint density at radius 1 is 1.18 bits per heavy atom. The first kappa shape index (κ1) is 23.2. The van der Waals surface area contributed by atoms with Gasteiger partial charge in [-0.1, -0.05) is 37.1 Å². The van der Waals surface area contributed by atoms with Gasteiger partial charge < -0.3 is 14.5 Å². The fourth-order valence-corrected chi connectivity index (χ4v) is 6.50. The Bertz CT molecular complexity index is 1210. The Balaban J connectivity index is 1.32. The van der Waals surface area contributed by atoms with Gasteiger partial charge in [-0.15, -0.1) is 21.5 Å². The van der Waals surface area contributed by atoms with Crippen LogP contribution in [-0.2, 0) is 11.2 Å². The van der Waals surface area contributed by atoms with Crippen LogP contribution in [0.15, 0.2) is 22.7 Å². The molecule has 0 bridgehead atoms. The lowest BCUT2D eigenvalue weighted by atomic mass is 9.95. The number of amides is 1. The maximum Gasteiger partial charge on any atom is 0.235 e. The summed E-state index contributed by atoms with van der Waals surface area (Å²) in [5, 5.41) is 24.7. The number of hydrogen-bond acceptors (Lipinski definition) is 6. The smallest absolute Gasteiger partial charge is 0.235 e. The summed E-state index contributed by atoms with van der Waals surface area (Å²) in [7, 11) is 0. The third-order valence-corrected chi connectivity index (χ3v) is 8.78. The van der Waals surface area contributed by atoms with Gasteiger partial charge in [-0.25, -0.2) is 0 Å². The van der Waals surface area contributed by atoms with Crippen LogP contribution >= 0.6 is 23.1 Å². The molecule has 0 atom stereocenters. The van der Waals surface area contributed by atoms with Crippen molar-refractivity contribution in [2.45, 2.75) is 82.5 Å². The molecule has 2 saturated carbocycles. The fraction of sp³-hybridized carbons (Fsp3) is 0.520. The van der Waals surface area contributed by atoms with Gasteiger partial charge in [0.2, 0.25) is 5.91 Å². The highest BCUT2D eigenvalue weighted by atomic mass is 32.2. The summed E-state index contributed by atoms with van der Waals surface area (Å²) in [6.07, 6.45) is 8.86. The minimum atomic E-state index is -0.110. The molecule has 0 spiro atoms. The predicted molar refractivity (Wildman–Crippen MR) is 136 cm³/mol. The molecule has 2 aliphatic carbocycles. The van der Waals surface area contributed by atoms with Crippen molar-refractivity contribution in [1.29, 1.82) is 5.26 Å². The zero-order chi connectivity index (χ0) is 23.7. The predicted octanol–water partition coefficient (Wildman–Crippen LogP) is 5.79. The molecule has 0 saturated heterocycles. The Morgan fingerprint density at radius 2 is 1.94 bits per heavy atom. The van der Waals surface area contributed by atoms with Crippen LogP contribution in [0.3, 0.4) is 0 Å². The van der Waals surface area contributed by atoms with Crippen molar-refractivity contribution in [2.24, 2.45) is 0 Å². The van der Waals surface area contributed by atoms with Gasteiger partial charge >= 0.3 is 0 Å². The zero-order valence-electron chi connectivity index (χ0n) is 19.7. The molecule has 1 amide bonds. The van der Waals surface area contributed by atoms with E-state index >= 15 is 0 Å². The third kappa shape index (κ3) is 4.66. The summed E-state index contributed by atoms with van der Waals surface area (Å²) < 4.78 is 4.43. The van der Waals surface area contributed by atoms with Gasteiger partial charge in [-0.05, 0) is 56.5 Å². The monoisotopic (exact) mass is 494 g/mol. The van der Waals surface area contributed by atoms with Crippen LogP contribution in [0, 0.1) is 25.2 Å². The van der Waals surface area contributed by atoms with Gasteiger partial charge in [-0.2, -0.15) is 5.26 Å². The number of nitriles is 1. The number of rotatable bonds is 8. The molecule has 0 radical (unpaired) electrons. The fourth-order valence-electron chi connectivity index (χ4n) is 4.98. The molecule has 1 N–H and O–H groups in total. The summed E-state index contributed by atoms with van der Waals surface area (Å²) in [4.78, 5) is 14.3. The summed E-state index contributed by atoms with van der Waals surface area (Å²) in [5.74, 6) is 1.76. The molecule has 3 heterocycles. The highest BCUT2D eigenvalue weighted by molar-refractivity contribution is 7.99. The topological polar surface area (TPSA) is 88.5 Å². The maximum atomic E-state index is 13.1. The number of carbonyl (C=O) groups excluding carboxylic acids is 1. The van der Waals surface area contributed by atoms with Crippen LogP contribution in [-0.4, -0.2) is 31.0 Å². The van der Waals surface area contributed by atoms with Crippen LogP contribution in [0.2, 0.25) is 0 Å². The van der Waals surface area contributed by atoms with Crippen LogP contribution in [0.4, 0.5) is 5.82 Å². The minimum absolute atomic E-state index is 0.110. The minimum Gasteiger partial charge on any atom is -0.327 e. The first-order valence-corrected chi connectivity index (χ1v) is 13.9. The Morgan fingerprint density at radius 3 is 2.62 bits per heavy atom. The summed E-state index contributed by atoms with van der Waals surface area (Å²) in [5.41, 5.74) is 2.63. The van der Waals surface area contributed by atoms with Crippen LogP contribution in [0.5, 0.6) is 0 Å². The molecule has 34 heavy (non-hydrogen) atoms. The quantitative estimate of drug-likeness (QED) is 0.400. The van der Waals surface area contributed by atoms with E-state index in [1.54, 1.807) is 11.3 Å². The van der Waals surface area contributed by atoms with Crippen LogP contribution in [0.1, 0.15) is 84.6 Å². The molecule has 0 unspecified atom stereocenters. The van der Waals surface area contributed by atoms with E-state index in [0.717, 1.165) is 54.3 Å². The van der Waals surface area contributed by atoms with E-state index in [9.17, 15) is 10.1 Å². The normalized spacial score (nSPS) is 16.5. The highest BCUT2D eigenvalue weighted by Crippen LogP contribution is 2.40. The standard InChI is InChI=1S/C25H30N6OS2/c1-16-17(2)30(18-7-4-3-5-8-18)24(21(16)14-26)27-23(32)15-34-25-29-28-22(31(25)19-10-11-19)13-20-9-6-12-33-20/h6,9,12,18-19H,3-5,7-8,10-11,13,15H2,1-2H3,(H,27,32). The Labute approximate surface area is 208 Å². The molecule has 9 heteroatoms. The number of aromatic nitrogens is 4. The van der Waals surface area contributed by atoms with Crippen molar-refractivity contribution in [1.82, 2.24) is 19.3 Å². The van der Waals surface area contributed by atoms with Crippen molar-refractivity contribution in [3.8, 4) is 6.07 Å². The molecule has 0 aromatic carbocycles. The van der Waals surface area contributed by atoms with Crippen molar-refractivity contribution in [2.75, 3.05) is 11.1 Å². The van der Waals surface area contributed by atoms with Crippen molar-refractivity contribution >= 4 is 34.8 Å². The van der Waals surface area contributed by atoms with Gasteiger partial charge in [0, 0.05) is 29.1 Å². The van der Waals surface area contributed by atoms with E-state index in [4.69, 9.17) is 0 Å². The average molecular weight is 495 g/mol. The number of hydrogen-bond donors (Lipinski definition) is 1. The molecular weight excluding hydrogens is 464 g/mol. The number of nitrogens with one attached hydrogen (secondary N) is 1. The number of thioether (sulfide) groups is 1. The lowest BCUT2D eigenvalue weighted by Gasteiger charge is -2.27.